The first kappa shape index (κ1) is 17.4. The van der Waals surface area contributed by atoms with Gasteiger partial charge in [-0.25, -0.2) is 9.78 Å². The van der Waals surface area contributed by atoms with Crippen LogP contribution in [0.15, 0.2) is 18.3 Å². The highest BCUT2D eigenvalue weighted by atomic mass is 16.6. The highest BCUT2D eigenvalue weighted by Gasteiger charge is 2.38. The summed E-state index contributed by atoms with van der Waals surface area (Å²) in [5.41, 5.74) is 5.88. The van der Waals surface area contributed by atoms with Crippen molar-refractivity contribution in [2.24, 2.45) is 5.92 Å². The van der Waals surface area contributed by atoms with Gasteiger partial charge in [0.2, 0.25) is 0 Å². The van der Waals surface area contributed by atoms with Crippen LogP contribution in [0.2, 0.25) is 0 Å². The fourth-order valence-electron chi connectivity index (χ4n) is 2.93. The van der Waals surface area contributed by atoms with E-state index in [4.69, 9.17) is 10.5 Å². The van der Waals surface area contributed by atoms with E-state index in [0.717, 1.165) is 25.3 Å². The van der Waals surface area contributed by atoms with E-state index in [2.05, 4.69) is 16.8 Å². The lowest BCUT2D eigenvalue weighted by atomic mass is 10.00. The van der Waals surface area contributed by atoms with Crippen LogP contribution in [0, 0.1) is 5.92 Å². The van der Waals surface area contributed by atoms with E-state index in [0.29, 0.717) is 11.6 Å². The topological polar surface area (TPSA) is 71.7 Å². The van der Waals surface area contributed by atoms with E-state index >= 15 is 0 Å². The maximum Gasteiger partial charge on any atom is 0.410 e. The molecular formula is C17H28N4O2. The number of ether oxygens (including phenoxy) is 1. The van der Waals surface area contributed by atoms with Crippen LogP contribution in [-0.2, 0) is 4.74 Å². The molecule has 6 heteroatoms. The smallest absolute Gasteiger partial charge is 0.410 e. The molecule has 0 aromatic carbocycles. The molecule has 1 aliphatic rings. The van der Waals surface area contributed by atoms with Crippen molar-refractivity contribution in [1.82, 2.24) is 9.88 Å². The molecule has 0 bridgehead atoms. The third-order valence-corrected chi connectivity index (χ3v) is 4.20. The molecule has 2 rings (SSSR count). The van der Waals surface area contributed by atoms with Crippen LogP contribution in [0.4, 0.5) is 16.3 Å². The Labute approximate surface area is 138 Å². The molecule has 1 saturated heterocycles. The molecule has 128 valence electrons. The molecule has 1 amide bonds. The molecule has 2 atom stereocenters. The second kappa shape index (κ2) is 6.64. The molecule has 2 unspecified atom stereocenters. The van der Waals surface area contributed by atoms with Gasteiger partial charge >= 0.3 is 6.09 Å². The predicted octanol–water partition coefficient (Wildman–Crippen LogP) is 2.75. The molecule has 6 nitrogen and oxygen atoms in total. The molecule has 0 spiro atoms. The van der Waals surface area contributed by atoms with Crippen LogP contribution in [0.5, 0.6) is 0 Å². The zero-order valence-electron chi connectivity index (χ0n) is 14.7. The number of nitrogens with zero attached hydrogens (tertiary/aromatic N) is 3. The summed E-state index contributed by atoms with van der Waals surface area (Å²) in [7, 11) is 1.82. The lowest BCUT2D eigenvalue weighted by Crippen LogP contribution is -2.44. The fourth-order valence-corrected chi connectivity index (χ4v) is 2.93. The van der Waals surface area contributed by atoms with Crippen molar-refractivity contribution in [3.63, 3.8) is 0 Å². The maximum atomic E-state index is 12.3. The van der Waals surface area contributed by atoms with Gasteiger partial charge in [0, 0.05) is 20.1 Å². The molecule has 1 aromatic rings. The minimum absolute atomic E-state index is 0.120. The number of rotatable bonds is 3. The molecule has 1 fully saturated rings. The Balaban J connectivity index is 2.09. The largest absolute Gasteiger partial charge is 0.444 e. The normalized spacial score (nSPS) is 21.3. The van der Waals surface area contributed by atoms with Crippen molar-refractivity contribution in [2.45, 2.75) is 45.8 Å². The van der Waals surface area contributed by atoms with Crippen LogP contribution in [0.1, 0.15) is 34.1 Å². The Morgan fingerprint density at radius 2 is 2.13 bits per heavy atom. The molecule has 2 heterocycles. The molecule has 0 radical (unpaired) electrons. The van der Waals surface area contributed by atoms with Gasteiger partial charge in [-0.15, -0.1) is 0 Å². The first-order chi connectivity index (χ1) is 10.7. The quantitative estimate of drug-likeness (QED) is 0.927. The van der Waals surface area contributed by atoms with E-state index in [1.807, 2.05) is 40.0 Å². The standard InChI is InChI=1S/C17H28N4O2/c1-6-12-10-21(15-8-7-13(18)9-19-15)11-14(12)20(5)16(22)23-17(2,3)4/h7-9,12,14H,6,10-11,18H2,1-5H3. The van der Waals surface area contributed by atoms with Gasteiger partial charge in [0.25, 0.3) is 0 Å². The molecule has 0 aliphatic carbocycles. The first-order valence-electron chi connectivity index (χ1n) is 8.13. The Morgan fingerprint density at radius 3 is 2.65 bits per heavy atom. The van der Waals surface area contributed by atoms with Crippen molar-refractivity contribution >= 4 is 17.6 Å². The number of likely N-dealkylation sites (N-methyl/N-ethyl adjacent to an activating group) is 1. The fraction of sp³-hybridized carbons (Fsp3) is 0.647. The van der Waals surface area contributed by atoms with Gasteiger partial charge in [-0.2, -0.15) is 0 Å². The number of carbonyl (C=O) groups is 1. The van der Waals surface area contributed by atoms with Gasteiger partial charge in [0.15, 0.2) is 0 Å². The molecule has 1 aliphatic heterocycles. The van der Waals surface area contributed by atoms with E-state index < -0.39 is 5.60 Å². The number of amides is 1. The van der Waals surface area contributed by atoms with E-state index in [9.17, 15) is 4.79 Å². The summed E-state index contributed by atoms with van der Waals surface area (Å²) in [6, 6.07) is 3.90. The van der Waals surface area contributed by atoms with E-state index in [-0.39, 0.29) is 12.1 Å². The number of nitrogens with two attached hydrogens (primary N) is 1. The number of aromatic nitrogens is 1. The van der Waals surface area contributed by atoms with Crippen molar-refractivity contribution in [1.29, 1.82) is 0 Å². The monoisotopic (exact) mass is 320 g/mol. The molecule has 0 saturated carbocycles. The summed E-state index contributed by atoms with van der Waals surface area (Å²) in [6.07, 6.45) is 2.40. The summed E-state index contributed by atoms with van der Waals surface area (Å²) in [5, 5.41) is 0. The summed E-state index contributed by atoms with van der Waals surface area (Å²) in [6.45, 7) is 9.44. The SMILES string of the molecule is CCC1CN(c2ccc(N)cn2)CC1N(C)C(=O)OC(C)(C)C. The van der Waals surface area contributed by atoms with Crippen molar-refractivity contribution in [3.8, 4) is 0 Å². The van der Waals surface area contributed by atoms with E-state index in [1.165, 1.54) is 0 Å². The zero-order chi connectivity index (χ0) is 17.2. The van der Waals surface area contributed by atoms with Crippen LogP contribution in [-0.4, -0.2) is 47.8 Å². The van der Waals surface area contributed by atoms with Gasteiger partial charge in [-0.05, 0) is 45.2 Å². The first-order valence-corrected chi connectivity index (χ1v) is 8.13. The van der Waals surface area contributed by atoms with Crippen LogP contribution in [0.3, 0.4) is 0 Å². The second-order valence-electron chi connectivity index (χ2n) is 7.18. The number of hydrogen-bond acceptors (Lipinski definition) is 5. The predicted molar refractivity (Wildman–Crippen MR) is 92.4 cm³/mol. The summed E-state index contributed by atoms with van der Waals surface area (Å²) in [4.78, 5) is 20.7. The van der Waals surface area contributed by atoms with Crippen molar-refractivity contribution < 1.29 is 9.53 Å². The molecule has 1 aromatic heterocycles. The zero-order valence-corrected chi connectivity index (χ0v) is 14.7. The van der Waals surface area contributed by atoms with Gasteiger partial charge in [0.05, 0.1) is 17.9 Å². The van der Waals surface area contributed by atoms with Gasteiger partial charge in [-0.1, -0.05) is 6.92 Å². The van der Waals surface area contributed by atoms with Crippen LogP contribution in [0.25, 0.3) is 0 Å². The van der Waals surface area contributed by atoms with E-state index in [1.54, 1.807) is 11.1 Å². The van der Waals surface area contributed by atoms with Gasteiger partial charge < -0.3 is 20.3 Å². The molecule has 23 heavy (non-hydrogen) atoms. The Kier molecular flexibility index (Phi) is 5.02. The number of hydrogen-bond donors (Lipinski definition) is 1. The Bertz CT molecular complexity index is 539. The molecular weight excluding hydrogens is 292 g/mol. The number of anilines is 2. The average Bonchev–Trinajstić information content (AvgIpc) is 2.89. The second-order valence-corrected chi connectivity index (χ2v) is 7.18. The summed E-state index contributed by atoms with van der Waals surface area (Å²) < 4.78 is 5.50. The van der Waals surface area contributed by atoms with Crippen LogP contribution < -0.4 is 10.6 Å². The lowest BCUT2D eigenvalue weighted by Gasteiger charge is -2.31. The van der Waals surface area contributed by atoms with Gasteiger partial charge in [0.1, 0.15) is 11.4 Å². The number of nitrogen functional groups attached to an aromatic ring is 1. The van der Waals surface area contributed by atoms with Gasteiger partial charge in [-0.3, -0.25) is 0 Å². The highest BCUT2D eigenvalue weighted by molar-refractivity contribution is 5.68. The summed E-state index contributed by atoms with van der Waals surface area (Å²) in [5.74, 6) is 1.30. The highest BCUT2D eigenvalue weighted by Crippen LogP contribution is 2.28. The minimum atomic E-state index is -0.482. The summed E-state index contributed by atoms with van der Waals surface area (Å²) >= 11 is 0. The maximum absolute atomic E-state index is 12.3. The molecule has 2 N–H and O–H groups in total. The van der Waals surface area contributed by atoms with Crippen molar-refractivity contribution in [2.75, 3.05) is 30.8 Å². The Morgan fingerprint density at radius 1 is 1.43 bits per heavy atom. The van der Waals surface area contributed by atoms with Crippen molar-refractivity contribution in [3.05, 3.63) is 18.3 Å². The number of carbonyl (C=O) groups excluding carboxylic acids is 1. The van der Waals surface area contributed by atoms with Crippen LogP contribution >= 0.6 is 0 Å². The number of pyridine rings is 1. The third kappa shape index (κ3) is 4.27. The minimum Gasteiger partial charge on any atom is -0.444 e. The average molecular weight is 320 g/mol. The Hall–Kier alpha value is -1.98. The lowest BCUT2D eigenvalue weighted by molar-refractivity contribution is 0.0201. The third-order valence-electron chi connectivity index (χ3n) is 4.20.